The first-order valence-corrected chi connectivity index (χ1v) is 10.7. The van der Waals surface area contributed by atoms with Crippen molar-refractivity contribution in [1.29, 1.82) is 0 Å². The molecule has 4 aromatic rings. The van der Waals surface area contributed by atoms with Gasteiger partial charge in [0.15, 0.2) is 11.5 Å². The van der Waals surface area contributed by atoms with Gasteiger partial charge in [0.2, 0.25) is 12.7 Å². The minimum Gasteiger partial charge on any atom is -0.497 e. The maximum Gasteiger partial charge on any atom is 0.272 e. The zero-order chi connectivity index (χ0) is 23.2. The monoisotopic (exact) mass is 456 g/mol. The third kappa shape index (κ3) is 3.31. The van der Waals surface area contributed by atoms with Crippen LogP contribution in [0, 0.1) is 6.92 Å². The highest BCUT2D eigenvalue weighted by atomic mass is 16.7. The van der Waals surface area contributed by atoms with E-state index in [1.807, 2.05) is 49.4 Å². The quantitative estimate of drug-likeness (QED) is 0.498. The van der Waals surface area contributed by atoms with Crippen molar-refractivity contribution < 1.29 is 19.0 Å². The lowest BCUT2D eigenvalue weighted by Crippen LogP contribution is -2.25. The van der Waals surface area contributed by atoms with Crippen LogP contribution in [0.5, 0.6) is 17.2 Å². The average molecular weight is 456 g/mol. The summed E-state index contributed by atoms with van der Waals surface area (Å²) in [7, 11) is 1.61. The summed E-state index contributed by atoms with van der Waals surface area (Å²) < 4.78 is 17.8. The van der Waals surface area contributed by atoms with E-state index in [1.54, 1.807) is 18.0 Å². The minimum atomic E-state index is -0.193. The fraction of sp³-hybridized carbons (Fsp3) is 0.208. The standard InChI is InChI=1S/C24H20N6O4/c1-13-22-17(14-6-7-19-20(9-14)34-12-33-19)10-21(31)27-23(22)30(29-13)24-26-18(11-25-28-24)15-4-3-5-16(8-15)32-2/h3-9,11,17H,10,12H2,1-2H3,(H,27,31)/t17-/m1/s1. The predicted molar refractivity (Wildman–Crippen MR) is 121 cm³/mol. The van der Waals surface area contributed by atoms with E-state index in [1.165, 1.54) is 0 Å². The molecule has 2 aromatic heterocycles. The van der Waals surface area contributed by atoms with Gasteiger partial charge in [-0.2, -0.15) is 14.9 Å². The molecule has 0 saturated carbocycles. The molecule has 2 aliphatic rings. The van der Waals surface area contributed by atoms with Gasteiger partial charge in [-0.3, -0.25) is 4.79 Å². The van der Waals surface area contributed by atoms with Gasteiger partial charge in [0.25, 0.3) is 5.95 Å². The molecule has 0 fully saturated rings. The maximum atomic E-state index is 12.7. The summed E-state index contributed by atoms with van der Waals surface area (Å²) in [5.41, 5.74) is 4.07. The van der Waals surface area contributed by atoms with E-state index in [2.05, 4.69) is 25.6 Å². The third-order valence-corrected chi connectivity index (χ3v) is 6.00. The highest BCUT2D eigenvalue weighted by Crippen LogP contribution is 2.43. The number of hydrogen-bond acceptors (Lipinski definition) is 8. The van der Waals surface area contributed by atoms with Gasteiger partial charge in [-0.05, 0) is 36.8 Å². The molecule has 170 valence electrons. The molecule has 10 nitrogen and oxygen atoms in total. The Balaban J connectivity index is 1.43. The SMILES string of the molecule is COc1cccc(-c2cnnc(-n3nc(C)c4c3NC(=O)C[C@@H]4c3ccc4c(c3)OCO4)n2)c1. The molecule has 0 spiro atoms. The molecule has 0 radical (unpaired) electrons. The van der Waals surface area contributed by atoms with E-state index >= 15 is 0 Å². The van der Waals surface area contributed by atoms with Gasteiger partial charge in [-0.1, -0.05) is 18.2 Å². The molecule has 1 atom stereocenters. The van der Waals surface area contributed by atoms with Crippen LogP contribution in [0.3, 0.4) is 0 Å². The van der Waals surface area contributed by atoms with Crippen molar-refractivity contribution in [3.8, 4) is 34.5 Å². The lowest BCUT2D eigenvalue weighted by atomic mass is 9.85. The van der Waals surface area contributed by atoms with Crippen LogP contribution in [0.15, 0.2) is 48.7 Å². The second kappa shape index (κ2) is 7.84. The van der Waals surface area contributed by atoms with Crippen molar-refractivity contribution in [2.45, 2.75) is 19.3 Å². The van der Waals surface area contributed by atoms with Crippen LogP contribution in [-0.2, 0) is 4.79 Å². The molecular formula is C24H20N6O4. The van der Waals surface area contributed by atoms with Crippen LogP contribution >= 0.6 is 0 Å². The van der Waals surface area contributed by atoms with E-state index in [-0.39, 0.29) is 24.6 Å². The zero-order valence-corrected chi connectivity index (χ0v) is 18.5. The summed E-state index contributed by atoms with van der Waals surface area (Å²) in [5, 5.41) is 15.9. The largest absolute Gasteiger partial charge is 0.497 e. The number of carbonyl (C=O) groups is 1. The number of aryl methyl sites for hydroxylation is 1. The average Bonchev–Trinajstić information content (AvgIpc) is 3.47. The molecule has 0 bridgehead atoms. The zero-order valence-electron chi connectivity index (χ0n) is 18.5. The molecular weight excluding hydrogens is 436 g/mol. The van der Waals surface area contributed by atoms with Gasteiger partial charge in [0.05, 0.1) is 24.7 Å². The van der Waals surface area contributed by atoms with Gasteiger partial charge < -0.3 is 19.5 Å². The van der Waals surface area contributed by atoms with E-state index in [9.17, 15) is 4.79 Å². The maximum absolute atomic E-state index is 12.7. The number of carbonyl (C=O) groups excluding carboxylic acids is 1. The fourth-order valence-corrected chi connectivity index (χ4v) is 4.41. The van der Waals surface area contributed by atoms with Crippen molar-refractivity contribution >= 4 is 11.7 Å². The Bertz CT molecular complexity index is 1430. The molecule has 4 heterocycles. The smallest absolute Gasteiger partial charge is 0.272 e. The van der Waals surface area contributed by atoms with Crippen LogP contribution in [0.2, 0.25) is 0 Å². The van der Waals surface area contributed by atoms with E-state index in [0.29, 0.717) is 35.2 Å². The van der Waals surface area contributed by atoms with Gasteiger partial charge in [-0.15, -0.1) is 5.10 Å². The third-order valence-electron chi connectivity index (χ3n) is 6.00. The minimum absolute atomic E-state index is 0.117. The number of fused-ring (bicyclic) bond motifs is 2. The van der Waals surface area contributed by atoms with Gasteiger partial charge in [0, 0.05) is 23.5 Å². The van der Waals surface area contributed by atoms with Crippen LogP contribution in [-0.4, -0.2) is 44.8 Å². The highest BCUT2D eigenvalue weighted by molar-refractivity contribution is 5.95. The lowest BCUT2D eigenvalue weighted by molar-refractivity contribution is -0.116. The van der Waals surface area contributed by atoms with Crippen molar-refractivity contribution in [3.63, 3.8) is 0 Å². The molecule has 0 aliphatic carbocycles. The van der Waals surface area contributed by atoms with Gasteiger partial charge in [0.1, 0.15) is 11.6 Å². The molecule has 1 amide bonds. The summed E-state index contributed by atoms with van der Waals surface area (Å²) in [4.78, 5) is 17.4. The number of anilines is 1. The summed E-state index contributed by atoms with van der Waals surface area (Å²) in [5.74, 6) is 2.58. The summed E-state index contributed by atoms with van der Waals surface area (Å²) in [6.45, 7) is 2.10. The van der Waals surface area contributed by atoms with Crippen molar-refractivity contribution in [1.82, 2.24) is 25.0 Å². The number of nitrogens with one attached hydrogen (secondary N) is 1. The second-order valence-electron chi connectivity index (χ2n) is 8.05. The molecule has 1 N–H and O–H groups in total. The van der Waals surface area contributed by atoms with E-state index in [0.717, 1.165) is 22.4 Å². The number of nitrogens with zero attached hydrogens (tertiary/aromatic N) is 5. The van der Waals surface area contributed by atoms with Crippen LogP contribution in [0.25, 0.3) is 17.2 Å². The number of aromatic nitrogens is 5. The number of benzene rings is 2. The Labute approximate surface area is 194 Å². The molecule has 2 aliphatic heterocycles. The fourth-order valence-electron chi connectivity index (χ4n) is 4.41. The van der Waals surface area contributed by atoms with Crippen molar-refractivity contribution in [3.05, 3.63) is 65.5 Å². The number of rotatable bonds is 4. The molecule has 34 heavy (non-hydrogen) atoms. The lowest BCUT2D eigenvalue weighted by Gasteiger charge is -2.24. The van der Waals surface area contributed by atoms with Crippen molar-refractivity contribution in [2.24, 2.45) is 0 Å². The Kier molecular flexibility index (Phi) is 4.65. The summed E-state index contributed by atoms with van der Waals surface area (Å²) in [6.07, 6.45) is 1.87. The number of amides is 1. The van der Waals surface area contributed by atoms with Gasteiger partial charge >= 0.3 is 0 Å². The predicted octanol–water partition coefficient (Wildman–Crippen LogP) is 3.24. The van der Waals surface area contributed by atoms with E-state index in [4.69, 9.17) is 14.2 Å². The Morgan fingerprint density at radius 2 is 2.03 bits per heavy atom. The molecule has 6 rings (SSSR count). The van der Waals surface area contributed by atoms with Crippen LogP contribution < -0.4 is 19.5 Å². The highest BCUT2D eigenvalue weighted by Gasteiger charge is 2.34. The normalized spacial score (nSPS) is 16.2. The Morgan fingerprint density at radius 3 is 2.91 bits per heavy atom. The first-order valence-electron chi connectivity index (χ1n) is 10.7. The molecule has 2 aromatic carbocycles. The van der Waals surface area contributed by atoms with Crippen LogP contribution in [0.4, 0.5) is 5.82 Å². The Hall–Kier alpha value is -4.47. The first kappa shape index (κ1) is 20.2. The van der Waals surface area contributed by atoms with Crippen LogP contribution in [0.1, 0.15) is 29.2 Å². The van der Waals surface area contributed by atoms with Crippen molar-refractivity contribution in [2.75, 3.05) is 19.2 Å². The first-order chi connectivity index (χ1) is 16.6. The Morgan fingerprint density at radius 1 is 1.15 bits per heavy atom. The second-order valence-corrected chi connectivity index (χ2v) is 8.05. The molecule has 0 saturated heterocycles. The molecule has 10 heteroatoms. The number of hydrogen-bond donors (Lipinski definition) is 1. The topological polar surface area (TPSA) is 113 Å². The van der Waals surface area contributed by atoms with Gasteiger partial charge in [-0.25, -0.2) is 4.98 Å². The number of methoxy groups -OCH3 is 1. The number of ether oxygens (including phenoxy) is 3. The molecule has 0 unspecified atom stereocenters. The summed E-state index contributed by atoms with van der Waals surface area (Å²) in [6, 6.07) is 13.3. The van der Waals surface area contributed by atoms with E-state index < -0.39 is 0 Å². The summed E-state index contributed by atoms with van der Waals surface area (Å²) >= 11 is 0.